The van der Waals surface area contributed by atoms with Crippen molar-refractivity contribution in [2.24, 2.45) is 10.7 Å². The van der Waals surface area contributed by atoms with E-state index in [9.17, 15) is 4.79 Å². The van der Waals surface area contributed by atoms with Crippen molar-refractivity contribution in [1.82, 2.24) is 9.80 Å². The number of carbonyl (C=O) groups excluding carboxylic acids is 1. The number of thioether (sulfide) groups is 1. The maximum atomic E-state index is 10.1. The Morgan fingerprint density at radius 1 is 0.973 bits per heavy atom. The fourth-order valence-corrected chi connectivity index (χ4v) is 4.90. The van der Waals surface area contributed by atoms with Gasteiger partial charge in [0.15, 0.2) is 0 Å². The van der Waals surface area contributed by atoms with Gasteiger partial charge in [0.25, 0.3) is 0 Å². The molecule has 6 heteroatoms. The van der Waals surface area contributed by atoms with Gasteiger partial charge >= 0.3 is 0 Å². The molecule has 0 bridgehead atoms. The first-order valence-corrected chi connectivity index (χ1v) is 13.6. The molecule has 2 N–H and O–H groups in total. The molecule has 4 rings (SSSR count). The number of rotatable bonds is 7. The van der Waals surface area contributed by atoms with Gasteiger partial charge in [-0.3, -0.25) is 9.79 Å². The van der Waals surface area contributed by atoms with Crippen molar-refractivity contribution in [3.63, 3.8) is 0 Å². The lowest BCUT2D eigenvalue weighted by Gasteiger charge is -2.27. The zero-order valence-corrected chi connectivity index (χ0v) is 23.1. The van der Waals surface area contributed by atoms with Crippen molar-refractivity contribution in [1.29, 1.82) is 0 Å². The van der Waals surface area contributed by atoms with E-state index < -0.39 is 5.54 Å². The van der Waals surface area contributed by atoms with Gasteiger partial charge in [0.1, 0.15) is 5.54 Å². The minimum absolute atomic E-state index is 0.614. The van der Waals surface area contributed by atoms with Gasteiger partial charge in [0, 0.05) is 31.1 Å². The van der Waals surface area contributed by atoms with E-state index in [0.29, 0.717) is 0 Å². The van der Waals surface area contributed by atoms with Gasteiger partial charge in [-0.2, -0.15) is 11.8 Å². The molecule has 0 spiro atoms. The predicted octanol–water partition coefficient (Wildman–Crippen LogP) is 5.35. The van der Waals surface area contributed by atoms with Gasteiger partial charge in [-0.1, -0.05) is 103 Å². The Morgan fingerprint density at radius 2 is 1.54 bits per heavy atom. The Labute approximate surface area is 227 Å². The highest BCUT2D eigenvalue weighted by Crippen LogP contribution is 2.34. The van der Waals surface area contributed by atoms with Gasteiger partial charge in [-0.25, -0.2) is 0 Å². The second kappa shape index (κ2) is 16.4. The van der Waals surface area contributed by atoms with Crippen LogP contribution in [0.3, 0.4) is 0 Å². The standard InChI is InChI=1S/C16H16N2.C10H15N.C5H9NOS/c1-2-16(18-13-17,14-9-5-3-6-10-14)15-11-7-4-8-12-15;1-9-5-4-6-10(7-9)8-11(2)3;7-5-6-1-3-8-4-2-6/h2-13H,1H2,(H2,17,18);4-7H,8H2,1-3H3;5H,1-4H2. The smallest absolute Gasteiger partial charge is 0.209 e. The molecular weight excluding hydrogens is 476 g/mol. The Morgan fingerprint density at radius 3 is 1.95 bits per heavy atom. The van der Waals surface area contributed by atoms with Crippen LogP contribution in [0.25, 0.3) is 0 Å². The van der Waals surface area contributed by atoms with E-state index in [4.69, 9.17) is 5.73 Å². The van der Waals surface area contributed by atoms with Crippen LogP contribution in [-0.4, -0.2) is 61.2 Å². The summed E-state index contributed by atoms with van der Waals surface area (Å²) in [7, 11) is 4.17. The highest BCUT2D eigenvalue weighted by molar-refractivity contribution is 7.99. The van der Waals surface area contributed by atoms with Crippen LogP contribution in [0.2, 0.25) is 0 Å². The van der Waals surface area contributed by atoms with E-state index in [2.05, 4.69) is 61.8 Å². The number of carbonyl (C=O) groups is 1. The Hall–Kier alpha value is -3.35. The number of aliphatic imine (C=N–C) groups is 1. The van der Waals surface area contributed by atoms with Gasteiger partial charge < -0.3 is 15.5 Å². The molecule has 1 fully saturated rings. The Kier molecular flexibility index (Phi) is 13.2. The molecule has 3 aromatic carbocycles. The van der Waals surface area contributed by atoms with Crippen LogP contribution < -0.4 is 5.73 Å². The number of hydrogen-bond donors (Lipinski definition) is 1. The van der Waals surface area contributed by atoms with E-state index in [1.807, 2.05) is 83.4 Å². The highest BCUT2D eigenvalue weighted by atomic mass is 32.2. The second-order valence-electron chi connectivity index (χ2n) is 8.96. The van der Waals surface area contributed by atoms with E-state index in [1.54, 1.807) is 0 Å². The molecule has 1 aliphatic rings. The third-order valence-corrected chi connectivity index (χ3v) is 6.72. The minimum Gasteiger partial charge on any atom is -0.390 e. The molecule has 1 heterocycles. The number of hydrogen-bond acceptors (Lipinski definition) is 4. The van der Waals surface area contributed by atoms with Gasteiger partial charge in [-0.15, -0.1) is 0 Å². The van der Waals surface area contributed by atoms with Crippen molar-refractivity contribution in [3.05, 3.63) is 120 Å². The molecule has 0 aliphatic carbocycles. The molecule has 0 aromatic heterocycles. The first kappa shape index (κ1) is 29.9. The number of aryl methyl sites for hydroxylation is 1. The normalized spacial score (nSPS) is 13.2. The molecule has 37 heavy (non-hydrogen) atoms. The summed E-state index contributed by atoms with van der Waals surface area (Å²) >= 11 is 1.91. The molecule has 1 amide bonds. The summed E-state index contributed by atoms with van der Waals surface area (Å²) in [6.45, 7) is 8.97. The minimum atomic E-state index is -0.614. The largest absolute Gasteiger partial charge is 0.390 e. The van der Waals surface area contributed by atoms with Crippen LogP contribution in [0, 0.1) is 6.92 Å². The molecule has 0 atom stereocenters. The number of benzene rings is 3. The quantitative estimate of drug-likeness (QED) is 0.199. The van der Waals surface area contributed by atoms with Crippen molar-refractivity contribution >= 4 is 24.5 Å². The molecule has 196 valence electrons. The predicted molar refractivity (Wildman–Crippen MR) is 160 cm³/mol. The maximum absolute atomic E-state index is 10.1. The lowest BCUT2D eigenvalue weighted by molar-refractivity contribution is -0.117. The third kappa shape index (κ3) is 9.90. The van der Waals surface area contributed by atoms with Crippen LogP contribution >= 0.6 is 11.8 Å². The Bertz CT molecular complexity index is 1040. The molecule has 1 saturated heterocycles. The van der Waals surface area contributed by atoms with Gasteiger partial charge in [-0.05, 0) is 37.7 Å². The monoisotopic (exact) mass is 516 g/mol. The van der Waals surface area contributed by atoms with Crippen molar-refractivity contribution in [3.8, 4) is 0 Å². The Balaban J connectivity index is 0.000000215. The summed E-state index contributed by atoms with van der Waals surface area (Å²) in [4.78, 5) is 18.5. The fourth-order valence-electron chi connectivity index (χ4n) is 3.96. The summed E-state index contributed by atoms with van der Waals surface area (Å²) in [5, 5.41) is 0. The van der Waals surface area contributed by atoms with Crippen molar-refractivity contribution in [2.75, 3.05) is 38.7 Å². The summed E-state index contributed by atoms with van der Waals surface area (Å²) in [5.41, 5.74) is 9.73. The first-order chi connectivity index (χ1) is 17.9. The van der Waals surface area contributed by atoms with E-state index in [0.717, 1.165) is 48.7 Å². The number of nitrogens with zero attached hydrogens (tertiary/aromatic N) is 3. The molecular formula is C31H40N4OS. The highest BCUT2D eigenvalue weighted by Gasteiger charge is 2.29. The summed E-state index contributed by atoms with van der Waals surface area (Å²) in [6.07, 6.45) is 4.09. The lowest BCUT2D eigenvalue weighted by Crippen LogP contribution is -2.30. The zero-order chi connectivity index (χ0) is 26.9. The topological polar surface area (TPSA) is 61.9 Å². The third-order valence-electron chi connectivity index (χ3n) is 5.78. The van der Waals surface area contributed by atoms with Crippen LogP contribution in [0.15, 0.2) is 103 Å². The molecule has 0 saturated carbocycles. The number of amides is 1. The average molecular weight is 517 g/mol. The molecule has 0 radical (unpaired) electrons. The summed E-state index contributed by atoms with van der Waals surface area (Å²) < 4.78 is 0. The average Bonchev–Trinajstić information content (AvgIpc) is 2.93. The summed E-state index contributed by atoms with van der Waals surface area (Å²) in [5.74, 6) is 2.22. The fraction of sp³-hybridized carbons (Fsp3) is 0.290. The summed E-state index contributed by atoms with van der Waals surface area (Å²) in [6, 6.07) is 28.6. The van der Waals surface area contributed by atoms with Crippen LogP contribution in [0.4, 0.5) is 0 Å². The lowest BCUT2D eigenvalue weighted by atomic mass is 9.83. The van der Waals surface area contributed by atoms with E-state index >= 15 is 0 Å². The van der Waals surface area contributed by atoms with Crippen LogP contribution in [0.1, 0.15) is 22.3 Å². The zero-order valence-electron chi connectivity index (χ0n) is 22.3. The van der Waals surface area contributed by atoms with Crippen LogP contribution in [-0.2, 0) is 16.9 Å². The molecule has 3 aromatic rings. The SMILES string of the molecule is C=CC(N=CN)(c1ccccc1)c1ccccc1.Cc1cccc(CN(C)C)c1.O=CN1CCSCC1. The van der Waals surface area contributed by atoms with E-state index in [-0.39, 0.29) is 0 Å². The first-order valence-electron chi connectivity index (χ1n) is 12.4. The van der Waals surface area contributed by atoms with Crippen molar-refractivity contribution < 1.29 is 4.79 Å². The molecule has 0 unspecified atom stereocenters. The maximum Gasteiger partial charge on any atom is 0.209 e. The van der Waals surface area contributed by atoms with Crippen LogP contribution in [0.5, 0.6) is 0 Å². The second-order valence-corrected chi connectivity index (χ2v) is 10.2. The molecule has 1 aliphatic heterocycles. The van der Waals surface area contributed by atoms with E-state index in [1.165, 1.54) is 17.5 Å². The van der Waals surface area contributed by atoms with Gasteiger partial charge in [0.05, 0.1) is 6.34 Å². The number of nitrogens with two attached hydrogens (primary N) is 1. The molecule has 5 nitrogen and oxygen atoms in total. The van der Waals surface area contributed by atoms with Gasteiger partial charge in [0.2, 0.25) is 6.41 Å². The van der Waals surface area contributed by atoms with Crippen molar-refractivity contribution in [2.45, 2.75) is 19.0 Å².